The summed E-state index contributed by atoms with van der Waals surface area (Å²) in [6, 6.07) is 29.7. The molecule has 0 spiro atoms. The van der Waals surface area contributed by atoms with E-state index in [1.807, 2.05) is 71.6 Å². The quantitative estimate of drug-likeness (QED) is 0.606. The van der Waals surface area contributed by atoms with Crippen LogP contribution in [0.1, 0.15) is 27.5 Å². The van der Waals surface area contributed by atoms with Crippen LogP contribution in [0.4, 0.5) is 0 Å². The molecule has 1 aliphatic heterocycles. The molecule has 2 N–H and O–H groups in total. The minimum atomic E-state index is -0.0635. The van der Waals surface area contributed by atoms with Gasteiger partial charge in [-0.15, -0.1) is 0 Å². The fraction of sp³-hybridized carbons (Fsp3) is 0.259. The summed E-state index contributed by atoms with van der Waals surface area (Å²) < 4.78 is 0. The van der Waals surface area contributed by atoms with Gasteiger partial charge >= 0.3 is 0 Å². The van der Waals surface area contributed by atoms with Gasteiger partial charge in [-0.25, -0.2) is 0 Å². The molecule has 0 aromatic heterocycles. The summed E-state index contributed by atoms with van der Waals surface area (Å²) in [6.45, 7) is 3.32. The van der Waals surface area contributed by atoms with Crippen molar-refractivity contribution in [3.8, 4) is 0 Å². The van der Waals surface area contributed by atoms with Crippen molar-refractivity contribution >= 4 is 11.8 Å². The third-order valence-corrected chi connectivity index (χ3v) is 6.01. The molecule has 1 fully saturated rings. The molecule has 1 atom stereocenters. The molecule has 1 heterocycles. The molecule has 0 radical (unpaired) electrons. The normalized spacial score (nSPS) is 15.2. The Balaban J connectivity index is 1.32. The summed E-state index contributed by atoms with van der Waals surface area (Å²) in [6.07, 6.45) is 0.755. The van der Waals surface area contributed by atoms with Crippen LogP contribution in [0.5, 0.6) is 0 Å². The molecule has 164 valence electrons. The predicted octanol–water partition coefficient (Wildman–Crippen LogP) is 2.13. The zero-order valence-electron chi connectivity index (χ0n) is 18.2. The van der Waals surface area contributed by atoms with Crippen LogP contribution in [0, 0.1) is 0 Å². The highest BCUT2D eigenvalue weighted by molar-refractivity contribution is 5.94. The van der Waals surface area contributed by atoms with E-state index in [1.54, 1.807) is 0 Å². The molecular weight excluding hydrogens is 398 g/mol. The lowest BCUT2D eigenvalue weighted by molar-refractivity contribution is -0.896. The molecule has 0 saturated carbocycles. The van der Waals surface area contributed by atoms with Gasteiger partial charge in [0.2, 0.25) is 0 Å². The molecule has 4 rings (SSSR count). The van der Waals surface area contributed by atoms with Crippen LogP contribution in [0.15, 0.2) is 91.0 Å². The maximum atomic E-state index is 12.9. The molecule has 0 bridgehead atoms. The van der Waals surface area contributed by atoms with E-state index in [0.29, 0.717) is 19.6 Å². The number of quaternary nitrogens is 1. The highest BCUT2D eigenvalue weighted by atomic mass is 16.2. The van der Waals surface area contributed by atoms with Gasteiger partial charge in [-0.1, -0.05) is 78.9 Å². The number of nitrogens with one attached hydrogen (secondary N) is 2. The number of hydrogen-bond donors (Lipinski definition) is 2. The SMILES string of the molecule is O=C(C[NH+]1CCN(C(=O)c2ccccc2)CC1)N[C@H](Cc1ccccc1)c1ccccc1. The first kappa shape index (κ1) is 21.8. The lowest BCUT2D eigenvalue weighted by Crippen LogP contribution is -3.15. The molecule has 5 nitrogen and oxygen atoms in total. The standard InChI is InChI=1S/C27H29N3O2/c31-26(21-29-16-18-30(19-17-29)27(32)24-14-8-3-9-15-24)28-25(23-12-6-2-7-13-23)20-22-10-4-1-5-11-22/h1-15,25H,16-21H2,(H,28,31)/p+1/t25-/m1/s1. The van der Waals surface area contributed by atoms with Crippen molar-refractivity contribution in [3.63, 3.8) is 0 Å². The minimum Gasteiger partial charge on any atom is -0.344 e. The van der Waals surface area contributed by atoms with Gasteiger partial charge in [0.1, 0.15) is 0 Å². The van der Waals surface area contributed by atoms with E-state index in [1.165, 1.54) is 10.5 Å². The second kappa shape index (κ2) is 10.7. The Kier molecular flexibility index (Phi) is 7.31. The largest absolute Gasteiger partial charge is 0.344 e. The molecule has 3 aromatic rings. The average molecular weight is 429 g/mol. The highest BCUT2D eigenvalue weighted by Crippen LogP contribution is 2.18. The monoisotopic (exact) mass is 428 g/mol. The highest BCUT2D eigenvalue weighted by Gasteiger charge is 2.26. The molecule has 0 unspecified atom stereocenters. The lowest BCUT2D eigenvalue weighted by Gasteiger charge is -2.32. The van der Waals surface area contributed by atoms with Crippen molar-refractivity contribution in [2.24, 2.45) is 0 Å². The summed E-state index contributed by atoms with van der Waals surface area (Å²) in [5, 5.41) is 3.25. The van der Waals surface area contributed by atoms with Gasteiger partial charge in [-0.3, -0.25) is 9.59 Å². The second-order valence-electron chi connectivity index (χ2n) is 8.31. The fourth-order valence-corrected chi connectivity index (χ4v) is 4.23. The lowest BCUT2D eigenvalue weighted by atomic mass is 9.99. The number of carbonyl (C=O) groups excluding carboxylic acids is 2. The number of hydrogen-bond acceptors (Lipinski definition) is 2. The molecule has 32 heavy (non-hydrogen) atoms. The van der Waals surface area contributed by atoms with Gasteiger partial charge in [-0.2, -0.15) is 0 Å². The molecule has 1 saturated heterocycles. The van der Waals surface area contributed by atoms with Crippen LogP contribution >= 0.6 is 0 Å². The van der Waals surface area contributed by atoms with Crippen molar-refractivity contribution in [1.29, 1.82) is 0 Å². The number of amides is 2. The van der Waals surface area contributed by atoms with Gasteiger partial charge in [-0.05, 0) is 29.7 Å². The number of benzene rings is 3. The zero-order chi connectivity index (χ0) is 22.2. The molecule has 0 aliphatic carbocycles. The van der Waals surface area contributed by atoms with Gasteiger partial charge in [0.25, 0.3) is 11.8 Å². The fourth-order valence-electron chi connectivity index (χ4n) is 4.23. The summed E-state index contributed by atoms with van der Waals surface area (Å²) in [5.41, 5.74) is 3.03. The predicted molar refractivity (Wildman–Crippen MR) is 125 cm³/mol. The van der Waals surface area contributed by atoms with Gasteiger partial charge in [0, 0.05) is 5.56 Å². The number of piperazine rings is 1. The van der Waals surface area contributed by atoms with E-state index in [9.17, 15) is 9.59 Å². The summed E-state index contributed by atoms with van der Waals surface area (Å²) >= 11 is 0. The smallest absolute Gasteiger partial charge is 0.275 e. The Hall–Kier alpha value is -3.44. The Morgan fingerprint density at radius 3 is 2.00 bits per heavy atom. The Bertz CT molecular complexity index is 1000. The topological polar surface area (TPSA) is 53.9 Å². The van der Waals surface area contributed by atoms with Gasteiger partial charge in [0.05, 0.1) is 32.2 Å². The van der Waals surface area contributed by atoms with Crippen molar-refractivity contribution in [1.82, 2.24) is 10.2 Å². The van der Waals surface area contributed by atoms with Crippen LogP contribution in [0.3, 0.4) is 0 Å². The van der Waals surface area contributed by atoms with Crippen LogP contribution in [-0.4, -0.2) is 49.4 Å². The number of rotatable bonds is 7. The number of nitrogens with zero attached hydrogens (tertiary/aromatic N) is 1. The maximum Gasteiger partial charge on any atom is 0.275 e. The van der Waals surface area contributed by atoms with Crippen LogP contribution in [0.2, 0.25) is 0 Å². The molecule has 5 heteroatoms. The Labute approximate surface area is 189 Å². The third kappa shape index (κ3) is 5.83. The van der Waals surface area contributed by atoms with Crippen molar-refractivity contribution in [3.05, 3.63) is 108 Å². The van der Waals surface area contributed by atoms with E-state index < -0.39 is 0 Å². The first-order chi connectivity index (χ1) is 15.7. The van der Waals surface area contributed by atoms with Crippen LogP contribution < -0.4 is 10.2 Å². The van der Waals surface area contributed by atoms with E-state index in [4.69, 9.17) is 0 Å². The first-order valence-electron chi connectivity index (χ1n) is 11.2. The zero-order valence-corrected chi connectivity index (χ0v) is 18.2. The van der Waals surface area contributed by atoms with Crippen LogP contribution in [-0.2, 0) is 11.2 Å². The summed E-state index contributed by atoms with van der Waals surface area (Å²) in [7, 11) is 0. The molecule has 2 amide bonds. The molecule has 3 aromatic carbocycles. The number of carbonyl (C=O) groups is 2. The first-order valence-corrected chi connectivity index (χ1v) is 11.2. The maximum absolute atomic E-state index is 12.9. The molecular formula is C27H30N3O2+. The van der Waals surface area contributed by atoms with Crippen molar-refractivity contribution in [2.75, 3.05) is 32.7 Å². The van der Waals surface area contributed by atoms with E-state index in [2.05, 4.69) is 29.6 Å². The third-order valence-electron chi connectivity index (χ3n) is 6.01. The minimum absolute atomic E-state index is 0.0487. The van der Waals surface area contributed by atoms with E-state index >= 15 is 0 Å². The van der Waals surface area contributed by atoms with E-state index in [-0.39, 0.29) is 17.9 Å². The van der Waals surface area contributed by atoms with Gasteiger partial charge < -0.3 is 15.1 Å². The summed E-state index contributed by atoms with van der Waals surface area (Å²) in [4.78, 5) is 28.7. The summed E-state index contributed by atoms with van der Waals surface area (Å²) in [5.74, 6) is 0.119. The molecule has 1 aliphatic rings. The van der Waals surface area contributed by atoms with Gasteiger partial charge in [0.15, 0.2) is 6.54 Å². The van der Waals surface area contributed by atoms with Crippen molar-refractivity contribution < 1.29 is 14.5 Å². The Morgan fingerprint density at radius 2 is 1.38 bits per heavy atom. The Morgan fingerprint density at radius 1 is 0.812 bits per heavy atom. The second-order valence-corrected chi connectivity index (χ2v) is 8.31. The van der Waals surface area contributed by atoms with Crippen LogP contribution in [0.25, 0.3) is 0 Å². The average Bonchev–Trinajstić information content (AvgIpc) is 2.85. The van der Waals surface area contributed by atoms with Crippen molar-refractivity contribution in [2.45, 2.75) is 12.5 Å². The van der Waals surface area contributed by atoms with E-state index in [0.717, 1.165) is 30.6 Å².